The Hall–Kier alpha value is -0.860. The zero-order valence-corrected chi connectivity index (χ0v) is 12.6. The van der Waals surface area contributed by atoms with Crippen LogP contribution in [0.15, 0.2) is 30.3 Å². The number of nitrogens with zero attached hydrogens (tertiary/aromatic N) is 1. The minimum absolute atomic E-state index is 0.589. The van der Waals surface area contributed by atoms with E-state index in [1.54, 1.807) is 0 Å². The summed E-state index contributed by atoms with van der Waals surface area (Å²) in [5, 5.41) is 3.72. The monoisotopic (exact) mass is 260 g/mol. The SMILES string of the molecule is CC(C)CN1CC(Cc2ccccc2)NCCC1C. The minimum atomic E-state index is 0.589. The minimum Gasteiger partial charge on any atom is -0.312 e. The maximum Gasteiger partial charge on any atom is 0.0235 e. The summed E-state index contributed by atoms with van der Waals surface area (Å²) in [7, 11) is 0. The van der Waals surface area contributed by atoms with Crippen molar-refractivity contribution in [2.24, 2.45) is 5.92 Å². The van der Waals surface area contributed by atoms with E-state index in [0.717, 1.165) is 18.9 Å². The molecule has 1 saturated heterocycles. The number of hydrogen-bond acceptors (Lipinski definition) is 2. The molecule has 1 heterocycles. The van der Waals surface area contributed by atoms with E-state index in [2.05, 4.69) is 61.3 Å². The number of rotatable bonds is 4. The van der Waals surface area contributed by atoms with Gasteiger partial charge in [-0.15, -0.1) is 0 Å². The molecule has 0 aliphatic carbocycles. The molecular formula is C17H28N2. The molecule has 0 aromatic heterocycles. The Balaban J connectivity index is 1.97. The third kappa shape index (κ3) is 4.63. The van der Waals surface area contributed by atoms with Crippen LogP contribution in [-0.2, 0) is 6.42 Å². The van der Waals surface area contributed by atoms with E-state index in [9.17, 15) is 0 Å². The van der Waals surface area contributed by atoms with Crippen molar-refractivity contribution in [2.45, 2.75) is 45.7 Å². The Bertz CT molecular complexity index is 361. The van der Waals surface area contributed by atoms with Crippen LogP contribution in [0.4, 0.5) is 0 Å². The largest absolute Gasteiger partial charge is 0.312 e. The Morgan fingerprint density at radius 1 is 1.26 bits per heavy atom. The molecule has 2 nitrogen and oxygen atoms in total. The molecule has 1 aliphatic heterocycles. The predicted octanol–water partition coefficient (Wildman–Crippen LogP) is 2.94. The van der Waals surface area contributed by atoms with E-state index in [4.69, 9.17) is 0 Å². The summed E-state index contributed by atoms with van der Waals surface area (Å²) < 4.78 is 0. The molecule has 1 aromatic carbocycles. The van der Waals surface area contributed by atoms with Gasteiger partial charge in [-0.2, -0.15) is 0 Å². The van der Waals surface area contributed by atoms with Gasteiger partial charge < -0.3 is 5.32 Å². The van der Waals surface area contributed by atoms with Gasteiger partial charge >= 0.3 is 0 Å². The topological polar surface area (TPSA) is 15.3 Å². The highest BCUT2D eigenvalue weighted by Crippen LogP contribution is 2.14. The summed E-state index contributed by atoms with van der Waals surface area (Å²) in [5.74, 6) is 0.748. The highest BCUT2D eigenvalue weighted by molar-refractivity contribution is 5.16. The molecule has 2 rings (SSSR count). The first-order valence-corrected chi connectivity index (χ1v) is 7.66. The van der Waals surface area contributed by atoms with Crippen LogP contribution >= 0.6 is 0 Å². The molecule has 19 heavy (non-hydrogen) atoms. The fourth-order valence-electron chi connectivity index (χ4n) is 2.97. The van der Waals surface area contributed by atoms with Gasteiger partial charge in [0.05, 0.1) is 0 Å². The Kier molecular flexibility index (Phi) is 5.41. The summed E-state index contributed by atoms with van der Waals surface area (Å²) in [6, 6.07) is 12.1. The average Bonchev–Trinajstić information content (AvgIpc) is 2.53. The lowest BCUT2D eigenvalue weighted by molar-refractivity contribution is 0.182. The van der Waals surface area contributed by atoms with Gasteiger partial charge in [0.25, 0.3) is 0 Å². The van der Waals surface area contributed by atoms with Crippen molar-refractivity contribution < 1.29 is 0 Å². The maximum absolute atomic E-state index is 3.72. The number of nitrogens with one attached hydrogen (secondary N) is 1. The van der Waals surface area contributed by atoms with Gasteiger partial charge in [0.2, 0.25) is 0 Å². The van der Waals surface area contributed by atoms with Crippen molar-refractivity contribution in [2.75, 3.05) is 19.6 Å². The predicted molar refractivity (Wildman–Crippen MR) is 82.4 cm³/mol. The maximum atomic E-state index is 3.72. The quantitative estimate of drug-likeness (QED) is 0.895. The molecule has 0 saturated carbocycles. The first kappa shape index (κ1) is 14.5. The molecule has 0 radical (unpaired) electrons. The first-order chi connectivity index (χ1) is 9.15. The average molecular weight is 260 g/mol. The second-order valence-corrected chi connectivity index (χ2v) is 6.33. The van der Waals surface area contributed by atoms with Gasteiger partial charge in [0.1, 0.15) is 0 Å². The molecule has 0 spiro atoms. The van der Waals surface area contributed by atoms with Crippen LogP contribution in [0.5, 0.6) is 0 Å². The molecule has 1 N–H and O–H groups in total. The van der Waals surface area contributed by atoms with Gasteiger partial charge in [-0.25, -0.2) is 0 Å². The van der Waals surface area contributed by atoms with Crippen molar-refractivity contribution in [3.05, 3.63) is 35.9 Å². The summed E-state index contributed by atoms with van der Waals surface area (Å²) in [6.07, 6.45) is 2.40. The van der Waals surface area contributed by atoms with Gasteiger partial charge in [-0.1, -0.05) is 44.2 Å². The van der Waals surface area contributed by atoms with Crippen LogP contribution < -0.4 is 5.32 Å². The molecule has 0 amide bonds. The van der Waals surface area contributed by atoms with Crippen LogP contribution in [0, 0.1) is 5.92 Å². The van der Waals surface area contributed by atoms with E-state index >= 15 is 0 Å². The zero-order chi connectivity index (χ0) is 13.7. The fraction of sp³-hybridized carbons (Fsp3) is 0.647. The lowest BCUT2D eigenvalue weighted by Gasteiger charge is -2.30. The Morgan fingerprint density at radius 2 is 2.00 bits per heavy atom. The Morgan fingerprint density at radius 3 is 2.68 bits per heavy atom. The van der Waals surface area contributed by atoms with Gasteiger partial charge in [-0.05, 0) is 37.8 Å². The summed E-state index contributed by atoms with van der Waals surface area (Å²) in [6.45, 7) is 10.5. The fourth-order valence-corrected chi connectivity index (χ4v) is 2.97. The van der Waals surface area contributed by atoms with Crippen LogP contribution in [0.2, 0.25) is 0 Å². The molecule has 106 valence electrons. The van der Waals surface area contributed by atoms with Crippen LogP contribution in [0.3, 0.4) is 0 Å². The summed E-state index contributed by atoms with van der Waals surface area (Å²) >= 11 is 0. The molecule has 2 heteroatoms. The molecule has 1 fully saturated rings. The van der Waals surface area contributed by atoms with Crippen LogP contribution in [0.1, 0.15) is 32.8 Å². The second kappa shape index (κ2) is 7.06. The van der Waals surface area contributed by atoms with Gasteiger partial charge in [0, 0.05) is 25.2 Å². The second-order valence-electron chi connectivity index (χ2n) is 6.33. The highest BCUT2D eigenvalue weighted by Gasteiger charge is 2.23. The van der Waals surface area contributed by atoms with E-state index in [-0.39, 0.29) is 0 Å². The van der Waals surface area contributed by atoms with Gasteiger partial charge in [-0.3, -0.25) is 4.90 Å². The number of benzene rings is 1. The molecule has 1 aliphatic rings. The lowest BCUT2D eigenvalue weighted by atomic mass is 10.0. The summed E-state index contributed by atoms with van der Waals surface area (Å²) in [5.41, 5.74) is 1.44. The highest BCUT2D eigenvalue weighted by atomic mass is 15.2. The zero-order valence-electron chi connectivity index (χ0n) is 12.6. The first-order valence-electron chi connectivity index (χ1n) is 7.66. The molecule has 2 unspecified atom stereocenters. The third-order valence-corrected chi connectivity index (χ3v) is 4.00. The van der Waals surface area contributed by atoms with Crippen LogP contribution in [-0.4, -0.2) is 36.6 Å². The number of hydrogen-bond donors (Lipinski definition) is 1. The normalized spacial score (nSPS) is 25.5. The van der Waals surface area contributed by atoms with Crippen molar-refractivity contribution in [3.8, 4) is 0 Å². The van der Waals surface area contributed by atoms with Crippen LogP contribution in [0.25, 0.3) is 0 Å². The molecule has 2 atom stereocenters. The van der Waals surface area contributed by atoms with E-state index in [0.29, 0.717) is 12.1 Å². The Labute approximate surface area is 118 Å². The van der Waals surface area contributed by atoms with Crippen molar-refractivity contribution >= 4 is 0 Å². The molecule has 0 bridgehead atoms. The summed E-state index contributed by atoms with van der Waals surface area (Å²) in [4.78, 5) is 2.66. The van der Waals surface area contributed by atoms with E-state index < -0.39 is 0 Å². The van der Waals surface area contributed by atoms with Crippen molar-refractivity contribution in [3.63, 3.8) is 0 Å². The van der Waals surface area contributed by atoms with E-state index in [1.807, 2.05) is 0 Å². The third-order valence-electron chi connectivity index (χ3n) is 4.00. The molecule has 1 aromatic rings. The lowest BCUT2D eigenvalue weighted by Crippen LogP contribution is -2.42. The smallest absolute Gasteiger partial charge is 0.0235 e. The van der Waals surface area contributed by atoms with Crippen molar-refractivity contribution in [1.29, 1.82) is 0 Å². The van der Waals surface area contributed by atoms with E-state index in [1.165, 1.54) is 25.1 Å². The van der Waals surface area contributed by atoms with Crippen molar-refractivity contribution in [1.82, 2.24) is 10.2 Å². The van der Waals surface area contributed by atoms with Gasteiger partial charge in [0.15, 0.2) is 0 Å². The standard InChI is InChI=1S/C17H28N2/c1-14(2)12-19-13-17(18-10-9-15(19)3)11-16-7-5-4-6-8-16/h4-8,14-15,17-18H,9-13H2,1-3H3. The molecular weight excluding hydrogens is 232 g/mol.